The maximum Gasteiger partial charge on any atom is 0.320 e. The predicted octanol–water partition coefficient (Wildman–Crippen LogP) is 1.92. The Morgan fingerprint density at radius 1 is 1.28 bits per heavy atom. The summed E-state index contributed by atoms with van der Waals surface area (Å²) in [6.07, 6.45) is 6.38. The third-order valence-corrected chi connectivity index (χ3v) is 3.76. The largest absolute Gasteiger partial charge is 0.465 e. The smallest absolute Gasteiger partial charge is 0.320 e. The molecule has 0 atom stereocenters. The Kier molecular flexibility index (Phi) is 7.28. The predicted molar refractivity (Wildman–Crippen MR) is 73.3 cm³/mol. The number of rotatable bonds is 7. The zero-order valence-electron chi connectivity index (χ0n) is 11.9. The third kappa shape index (κ3) is 5.36. The van der Waals surface area contributed by atoms with Crippen LogP contribution in [0.15, 0.2) is 0 Å². The van der Waals surface area contributed by atoms with E-state index in [0.717, 1.165) is 45.1 Å². The molecule has 0 aromatic rings. The van der Waals surface area contributed by atoms with Gasteiger partial charge in [0.2, 0.25) is 0 Å². The molecule has 1 aliphatic carbocycles. The second-order valence-corrected chi connectivity index (χ2v) is 5.21. The number of ether oxygens (including phenoxy) is 1. The van der Waals surface area contributed by atoms with Gasteiger partial charge in [0.15, 0.2) is 0 Å². The first-order chi connectivity index (χ1) is 8.67. The molecule has 0 aromatic carbocycles. The Morgan fingerprint density at radius 3 is 2.50 bits per heavy atom. The van der Waals surface area contributed by atoms with Gasteiger partial charge in [0.05, 0.1) is 13.2 Å². The van der Waals surface area contributed by atoms with Gasteiger partial charge in [0.1, 0.15) is 0 Å². The Hall–Kier alpha value is -0.610. The van der Waals surface area contributed by atoms with Crippen molar-refractivity contribution >= 4 is 5.97 Å². The molecule has 0 heterocycles. The van der Waals surface area contributed by atoms with Crippen molar-refractivity contribution in [3.05, 3.63) is 0 Å². The highest BCUT2D eigenvalue weighted by atomic mass is 16.5. The van der Waals surface area contributed by atoms with Gasteiger partial charge in [0.25, 0.3) is 0 Å². The molecule has 0 radical (unpaired) electrons. The fraction of sp³-hybridized carbons (Fsp3) is 0.929. The molecule has 2 N–H and O–H groups in total. The van der Waals surface area contributed by atoms with Crippen LogP contribution in [0.4, 0.5) is 0 Å². The van der Waals surface area contributed by atoms with Crippen LogP contribution in [0.5, 0.6) is 0 Å². The Morgan fingerprint density at radius 2 is 1.94 bits per heavy atom. The monoisotopic (exact) mass is 256 g/mol. The van der Waals surface area contributed by atoms with E-state index in [9.17, 15) is 4.79 Å². The number of likely N-dealkylation sites (N-methyl/N-ethyl adjacent to an activating group) is 1. The lowest BCUT2D eigenvalue weighted by Crippen LogP contribution is -2.43. The highest BCUT2D eigenvalue weighted by Gasteiger charge is 2.24. The number of nitrogens with two attached hydrogens (primary N) is 1. The summed E-state index contributed by atoms with van der Waals surface area (Å²) in [7, 11) is 0. The quantitative estimate of drug-likeness (QED) is 0.558. The van der Waals surface area contributed by atoms with E-state index in [-0.39, 0.29) is 5.97 Å². The summed E-state index contributed by atoms with van der Waals surface area (Å²) in [5.41, 5.74) is 5.91. The van der Waals surface area contributed by atoms with E-state index in [4.69, 9.17) is 10.5 Å². The van der Waals surface area contributed by atoms with Gasteiger partial charge in [-0.05, 0) is 38.6 Å². The van der Waals surface area contributed by atoms with Crippen LogP contribution in [0.2, 0.25) is 0 Å². The number of unbranched alkanes of at least 4 members (excludes halogenated alkanes) is 1. The molecule has 1 saturated carbocycles. The van der Waals surface area contributed by atoms with Gasteiger partial charge in [0, 0.05) is 12.1 Å². The van der Waals surface area contributed by atoms with Crippen molar-refractivity contribution in [2.45, 2.75) is 64.5 Å². The highest BCUT2D eigenvalue weighted by Crippen LogP contribution is 2.21. The molecule has 4 heteroatoms. The van der Waals surface area contributed by atoms with Crippen LogP contribution < -0.4 is 5.73 Å². The minimum Gasteiger partial charge on any atom is -0.465 e. The van der Waals surface area contributed by atoms with E-state index in [1.807, 2.05) is 0 Å². The zero-order valence-corrected chi connectivity index (χ0v) is 11.9. The molecule has 0 unspecified atom stereocenters. The molecular formula is C14H28N2O2. The Balaban J connectivity index is 2.30. The van der Waals surface area contributed by atoms with E-state index in [0.29, 0.717) is 25.2 Å². The maximum absolute atomic E-state index is 11.7. The highest BCUT2D eigenvalue weighted by molar-refractivity contribution is 5.71. The summed E-state index contributed by atoms with van der Waals surface area (Å²) in [6.45, 7) is 6.09. The molecule has 1 rings (SSSR count). The number of hydrogen-bond donors (Lipinski definition) is 1. The molecule has 0 spiro atoms. The number of esters is 1. The van der Waals surface area contributed by atoms with Crippen LogP contribution >= 0.6 is 0 Å². The van der Waals surface area contributed by atoms with Gasteiger partial charge in [-0.1, -0.05) is 20.3 Å². The number of carbonyl (C=O) groups is 1. The van der Waals surface area contributed by atoms with Crippen molar-refractivity contribution < 1.29 is 9.53 Å². The zero-order chi connectivity index (χ0) is 13.4. The summed E-state index contributed by atoms with van der Waals surface area (Å²) in [4.78, 5) is 13.9. The van der Waals surface area contributed by atoms with Crippen LogP contribution in [0.1, 0.15) is 52.4 Å². The molecule has 1 fully saturated rings. The standard InChI is InChI=1S/C14H28N2O2/c1-3-5-10-18-14(17)11-16(4-2)13-8-6-12(15)7-9-13/h12-13H,3-11,15H2,1-2H3. The molecule has 0 aromatic heterocycles. The normalized spacial score (nSPS) is 24.2. The fourth-order valence-electron chi connectivity index (χ4n) is 2.51. The van der Waals surface area contributed by atoms with Gasteiger partial charge in [-0.2, -0.15) is 0 Å². The molecule has 0 aliphatic heterocycles. The van der Waals surface area contributed by atoms with E-state index in [1.165, 1.54) is 0 Å². The van der Waals surface area contributed by atoms with E-state index < -0.39 is 0 Å². The lowest BCUT2D eigenvalue weighted by Gasteiger charge is -2.34. The van der Waals surface area contributed by atoms with Crippen LogP contribution in [0, 0.1) is 0 Å². The number of nitrogens with zero attached hydrogens (tertiary/aromatic N) is 1. The van der Waals surface area contributed by atoms with E-state index in [2.05, 4.69) is 18.7 Å². The van der Waals surface area contributed by atoms with Crippen LogP contribution in [-0.2, 0) is 9.53 Å². The van der Waals surface area contributed by atoms with Crippen LogP contribution in [0.3, 0.4) is 0 Å². The maximum atomic E-state index is 11.7. The molecule has 0 saturated heterocycles. The average molecular weight is 256 g/mol. The molecule has 0 amide bonds. The van der Waals surface area contributed by atoms with Crippen LogP contribution in [0.25, 0.3) is 0 Å². The third-order valence-electron chi connectivity index (χ3n) is 3.76. The minimum atomic E-state index is -0.0832. The Labute approximate surface area is 111 Å². The van der Waals surface area contributed by atoms with Gasteiger partial charge in [-0.25, -0.2) is 0 Å². The van der Waals surface area contributed by atoms with Gasteiger partial charge in [-0.3, -0.25) is 9.69 Å². The van der Waals surface area contributed by atoms with Crippen molar-refractivity contribution in [1.82, 2.24) is 4.90 Å². The second-order valence-electron chi connectivity index (χ2n) is 5.21. The van der Waals surface area contributed by atoms with Crippen molar-refractivity contribution in [2.24, 2.45) is 5.73 Å². The molecule has 1 aliphatic rings. The van der Waals surface area contributed by atoms with Crippen LogP contribution in [-0.4, -0.2) is 42.6 Å². The topological polar surface area (TPSA) is 55.6 Å². The first-order valence-electron chi connectivity index (χ1n) is 7.32. The second kappa shape index (κ2) is 8.48. The van der Waals surface area contributed by atoms with Crippen molar-refractivity contribution in [1.29, 1.82) is 0 Å². The van der Waals surface area contributed by atoms with E-state index >= 15 is 0 Å². The minimum absolute atomic E-state index is 0.0832. The summed E-state index contributed by atoms with van der Waals surface area (Å²) in [5, 5.41) is 0. The SMILES string of the molecule is CCCCOC(=O)CN(CC)C1CCC(N)CC1. The average Bonchev–Trinajstić information content (AvgIpc) is 2.37. The fourth-order valence-corrected chi connectivity index (χ4v) is 2.51. The van der Waals surface area contributed by atoms with Gasteiger partial charge in [-0.15, -0.1) is 0 Å². The number of hydrogen-bond acceptors (Lipinski definition) is 4. The molecular weight excluding hydrogens is 228 g/mol. The summed E-state index contributed by atoms with van der Waals surface area (Å²) < 4.78 is 5.22. The summed E-state index contributed by atoms with van der Waals surface area (Å²) in [6, 6.07) is 0.866. The number of carbonyl (C=O) groups excluding carboxylic acids is 1. The lowest BCUT2D eigenvalue weighted by atomic mass is 9.91. The molecule has 0 bridgehead atoms. The summed E-state index contributed by atoms with van der Waals surface area (Å²) in [5.74, 6) is -0.0832. The summed E-state index contributed by atoms with van der Waals surface area (Å²) >= 11 is 0. The Bertz CT molecular complexity index is 238. The lowest BCUT2D eigenvalue weighted by molar-refractivity contribution is -0.145. The van der Waals surface area contributed by atoms with Crippen molar-refractivity contribution in [3.63, 3.8) is 0 Å². The van der Waals surface area contributed by atoms with Crippen molar-refractivity contribution in [3.8, 4) is 0 Å². The first kappa shape index (κ1) is 15.4. The van der Waals surface area contributed by atoms with E-state index in [1.54, 1.807) is 0 Å². The molecule has 106 valence electrons. The van der Waals surface area contributed by atoms with Gasteiger partial charge >= 0.3 is 5.97 Å². The first-order valence-corrected chi connectivity index (χ1v) is 7.32. The van der Waals surface area contributed by atoms with Crippen molar-refractivity contribution in [2.75, 3.05) is 19.7 Å². The molecule has 4 nitrogen and oxygen atoms in total. The molecule has 18 heavy (non-hydrogen) atoms. The van der Waals surface area contributed by atoms with Gasteiger partial charge < -0.3 is 10.5 Å².